The van der Waals surface area contributed by atoms with Crippen LogP contribution in [0.5, 0.6) is 0 Å². The van der Waals surface area contributed by atoms with E-state index in [1.54, 1.807) is 25.1 Å². The Bertz CT molecular complexity index is 875. The Morgan fingerprint density at radius 2 is 1.48 bits per heavy atom. The number of rotatable bonds is 4. The maximum absolute atomic E-state index is 12.2. The van der Waals surface area contributed by atoms with Gasteiger partial charge in [0.05, 0.1) is 0 Å². The van der Waals surface area contributed by atoms with Crippen LogP contribution in [-0.2, 0) is 0 Å². The Kier molecular flexibility index (Phi) is 5.72. The van der Waals surface area contributed by atoms with Crippen LogP contribution in [0.4, 0.5) is 0 Å². The van der Waals surface area contributed by atoms with E-state index in [0.717, 1.165) is 42.6 Å². The minimum Gasteiger partial charge on any atom is -0.366 e. The Morgan fingerprint density at radius 1 is 0.889 bits per heavy atom. The first kappa shape index (κ1) is 18.9. The first-order chi connectivity index (χ1) is 13.0. The standard InChI is InChI=1S/C22H25N3O2/c1-25(2)22(27)17-8-6-15(7-9-17)20(16-10-12-24-13-11-16)18-4-3-5-19(14-18)21(23)26/h3-9,14,24H,10-13H2,1-2H3,(H2,23,26). The second kappa shape index (κ2) is 8.18. The van der Waals surface area contributed by atoms with Gasteiger partial charge >= 0.3 is 0 Å². The van der Waals surface area contributed by atoms with Gasteiger partial charge in [-0.05, 0) is 66.9 Å². The predicted octanol–water partition coefficient (Wildman–Crippen LogP) is 2.67. The van der Waals surface area contributed by atoms with Crippen LogP contribution in [0.2, 0.25) is 0 Å². The third-order valence-electron chi connectivity index (χ3n) is 4.82. The normalized spacial score (nSPS) is 13.9. The molecule has 2 amide bonds. The van der Waals surface area contributed by atoms with Gasteiger partial charge < -0.3 is 16.0 Å². The van der Waals surface area contributed by atoms with Crippen LogP contribution in [0, 0.1) is 0 Å². The molecule has 1 aliphatic rings. The Labute approximate surface area is 159 Å². The van der Waals surface area contributed by atoms with E-state index < -0.39 is 5.91 Å². The van der Waals surface area contributed by atoms with Crippen LogP contribution in [0.15, 0.2) is 54.1 Å². The molecule has 3 rings (SSSR count). The summed E-state index contributed by atoms with van der Waals surface area (Å²) in [4.78, 5) is 25.4. The van der Waals surface area contributed by atoms with Crippen molar-refractivity contribution in [2.45, 2.75) is 12.8 Å². The van der Waals surface area contributed by atoms with Crippen LogP contribution >= 0.6 is 0 Å². The summed E-state index contributed by atoms with van der Waals surface area (Å²) >= 11 is 0. The van der Waals surface area contributed by atoms with Gasteiger partial charge in [0.15, 0.2) is 0 Å². The zero-order valence-electron chi connectivity index (χ0n) is 15.8. The van der Waals surface area contributed by atoms with Crippen LogP contribution in [-0.4, -0.2) is 43.9 Å². The predicted molar refractivity (Wildman–Crippen MR) is 108 cm³/mol. The first-order valence-electron chi connectivity index (χ1n) is 9.12. The summed E-state index contributed by atoms with van der Waals surface area (Å²) in [5.41, 5.74) is 11.1. The molecule has 1 fully saturated rings. The molecule has 2 aromatic carbocycles. The number of primary amides is 1. The molecule has 0 aliphatic carbocycles. The van der Waals surface area contributed by atoms with Crippen molar-refractivity contribution in [1.29, 1.82) is 0 Å². The third kappa shape index (κ3) is 4.26. The lowest BCUT2D eigenvalue weighted by Crippen LogP contribution is -2.24. The molecular formula is C22H25N3O2. The van der Waals surface area contributed by atoms with E-state index in [0.29, 0.717) is 11.1 Å². The van der Waals surface area contributed by atoms with Crippen molar-refractivity contribution in [3.63, 3.8) is 0 Å². The van der Waals surface area contributed by atoms with Crippen LogP contribution in [0.25, 0.3) is 5.57 Å². The maximum atomic E-state index is 12.2. The van der Waals surface area contributed by atoms with E-state index in [9.17, 15) is 9.59 Å². The van der Waals surface area contributed by atoms with Crippen LogP contribution in [0.1, 0.15) is 44.7 Å². The fourth-order valence-electron chi connectivity index (χ4n) is 3.42. The van der Waals surface area contributed by atoms with Crippen LogP contribution in [0.3, 0.4) is 0 Å². The average molecular weight is 363 g/mol. The fourth-order valence-corrected chi connectivity index (χ4v) is 3.42. The molecule has 2 aromatic rings. The Morgan fingerprint density at radius 3 is 2.07 bits per heavy atom. The summed E-state index contributed by atoms with van der Waals surface area (Å²) in [5.74, 6) is -0.452. The van der Waals surface area contributed by atoms with Gasteiger partial charge in [-0.25, -0.2) is 0 Å². The van der Waals surface area contributed by atoms with Crippen molar-refractivity contribution in [3.8, 4) is 0 Å². The highest BCUT2D eigenvalue weighted by Gasteiger charge is 2.16. The summed E-state index contributed by atoms with van der Waals surface area (Å²) in [6.45, 7) is 1.87. The minimum atomic E-state index is -0.432. The lowest BCUT2D eigenvalue weighted by Gasteiger charge is -2.22. The molecular weight excluding hydrogens is 338 g/mol. The maximum Gasteiger partial charge on any atom is 0.253 e. The van der Waals surface area contributed by atoms with Crippen molar-refractivity contribution in [3.05, 3.63) is 76.4 Å². The van der Waals surface area contributed by atoms with E-state index in [4.69, 9.17) is 5.73 Å². The van der Waals surface area contributed by atoms with E-state index in [2.05, 4.69) is 5.32 Å². The lowest BCUT2D eigenvalue weighted by atomic mass is 9.88. The van der Waals surface area contributed by atoms with Gasteiger partial charge in [-0.2, -0.15) is 0 Å². The zero-order valence-corrected chi connectivity index (χ0v) is 15.8. The highest BCUT2D eigenvalue weighted by Crippen LogP contribution is 2.31. The summed E-state index contributed by atoms with van der Waals surface area (Å²) in [6, 6.07) is 15.1. The van der Waals surface area contributed by atoms with Crippen molar-refractivity contribution >= 4 is 17.4 Å². The molecule has 27 heavy (non-hydrogen) atoms. The van der Waals surface area contributed by atoms with E-state index >= 15 is 0 Å². The zero-order chi connectivity index (χ0) is 19.4. The molecule has 0 spiro atoms. The van der Waals surface area contributed by atoms with Gasteiger partial charge in [0.1, 0.15) is 0 Å². The molecule has 1 heterocycles. The number of hydrogen-bond donors (Lipinski definition) is 2. The van der Waals surface area contributed by atoms with Gasteiger partial charge in [-0.15, -0.1) is 0 Å². The first-order valence-corrected chi connectivity index (χ1v) is 9.12. The van der Waals surface area contributed by atoms with Gasteiger partial charge in [-0.1, -0.05) is 29.8 Å². The molecule has 0 saturated carbocycles. The summed E-state index contributed by atoms with van der Waals surface area (Å²) in [5, 5.41) is 3.38. The summed E-state index contributed by atoms with van der Waals surface area (Å²) < 4.78 is 0. The number of benzene rings is 2. The molecule has 0 aromatic heterocycles. The number of amides is 2. The monoisotopic (exact) mass is 363 g/mol. The number of carbonyl (C=O) groups is 2. The molecule has 1 saturated heterocycles. The number of nitrogens with zero attached hydrogens (tertiary/aromatic N) is 1. The number of piperidine rings is 1. The molecule has 3 N–H and O–H groups in total. The van der Waals surface area contributed by atoms with Gasteiger partial charge in [0.2, 0.25) is 5.91 Å². The quantitative estimate of drug-likeness (QED) is 0.877. The molecule has 0 atom stereocenters. The molecule has 0 radical (unpaired) electrons. The highest BCUT2D eigenvalue weighted by atomic mass is 16.2. The smallest absolute Gasteiger partial charge is 0.253 e. The van der Waals surface area contributed by atoms with Gasteiger partial charge in [0, 0.05) is 25.2 Å². The third-order valence-corrected chi connectivity index (χ3v) is 4.82. The highest BCUT2D eigenvalue weighted by molar-refractivity contribution is 5.96. The molecule has 140 valence electrons. The minimum absolute atomic E-state index is 0.0201. The van der Waals surface area contributed by atoms with Crippen molar-refractivity contribution < 1.29 is 9.59 Å². The van der Waals surface area contributed by atoms with E-state index in [1.165, 1.54) is 5.57 Å². The topological polar surface area (TPSA) is 75.4 Å². The SMILES string of the molecule is CN(C)C(=O)c1ccc(C(=C2CCNCC2)c2cccc(C(N)=O)c2)cc1. The van der Waals surface area contributed by atoms with E-state index in [-0.39, 0.29) is 5.91 Å². The largest absolute Gasteiger partial charge is 0.366 e. The number of carbonyl (C=O) groups excluding carboxylic acids is 2. The average Bonchev–Trinajstić information content (AvgIpc) is 2.69. The summed E-state index contributed by atoms with van der Waals surface area (Å²) in [7, 11) is 3.49. The molecule has 0 bridgehead atoms. The van der Waals surface area contributed by atoms with Gasteiger partial charge in [-0.3, -0.25) is 9.59 Å². The fraction of sp³-hybridized carbons (Fsp3) is 0.273. The second-order valence-corrected chi connectivity index (χ2v) is 6.95. The van der Waals surface area contributed by atoms with Crippen LogP contribution < -0.4 is 11.1 Å². The number of nitrogens with two attached hydrogens (primary N) is 1. The second-order valence-electron chi connectivity index (χ2n) is 6.95. The number of nitrogens with one attached hydrogen (secondary N) is 1. The lowest BCUT2D eigenvalue weighted by molar-refractivity contribution is 0.0827. The number of hydrogen-bond acceptors (Lipinski definition) is 3. The van der Waals surface area contributed by atoms with Crippen molar-refractivity contribution in [1.82, 2.24) is 10.2 Å². The summed E-state index contributed by atoms with van der Waals surface area (Å²) in [6.07, 6.45) is 1.91. The molecule has 0 unspecified atom stereocenters. The van der Waals surface area contributed by atoms with Crippen molar-refractivity contribution in [2.75, 3.05) is 27.2 Å². The molecule has 5 heteroatoms. The van der Waals surface area contributed by atoms with Gasteiger partial charge in [0.25, 0.3) is 5.91 Å². The van der Waals surface area contributed by atoms with Crippen molar-refractivity contribution in [2.24, 2.45) is 5.73 Å². The van der Waals surface area contributed by atoms with E-state index in [1.807, 2.05) is 42.5 Å². The molecule has 1 aliphatic heterocycles. The molecule has 5 nitrogen and oxygen atoms in total. The Balaban J connectivity index is 2.07. The Hall–Kier alpha value is -2.92.